The quantitative estimate of drug-likeness (QED) is 0.608. The lowest BCUT2D eigenvalue weighted by Gasteiger charge is -2.19. The zero-order valence-electron chi connectivity index (χ0n) is 11.3. The summed E-state index contributed by atoms with van der Waals surface area (Å²) in [4.78, 5) is 12.0. The van der Waals surface area contributed by atoms with Crippen molar-refractivity contribution in [3.8, 4) is 0 Å². The summed E-state index contributed by atoms with van der Waals surface area (Å²) in [5, 5.41) is 3.21. The van der Waals surface area contributed by atoms with Gasteiger partial charge < -0.3 is 5.32 Å². The van der Waals surface area contributed by atoms with Gasteiger partial charge in [0.2, 0.25) is 5.91 Å². The molecule has 100 valence electrons. The zero-order chi connectivity index (χ0) is 12.7. The first-order chi connectivity index (χ1) is 8.15. The maximum absolute atomic E-state index is 12.0. The Morgan fingerprint density at radius 2 is 2.00 bits per heavy atom. The first kappa shape index (κ1) is 14.9. The molecular formula is C14H27NOS. The normalized spacial score (nSPS) is 18.8. The number of hydrogen-bond acceptors (Lipinski definition) is 2. The number of carbonyl (C=O) groups excluding carboxylic acids is 1. The lowest BCUT2D eigenvalue weighted by Crippen LogP contribution is -2.36. The van der Waals surface area contributed by atoms with E-state index in [2.05, 4.69) is 31.8 Å². The minimum atomic E-state index is 0.242. The number of thiol groups is 1. The summed E-state index contributed by atoms with van der Waals surface area (Å²) >= 11 is 4.35. The summed E-state index contributed by atoms with van der Waals surface area (Å²) in [7, 11) is 0. The van der Waals surface area contributed by atoms with Crippen molar-refractivity contribution in [1.29, 1.82) is 0 Å². The number of hydrogen-bond donors (Lipinski definition) is 2. The van der Waals surface area contributed by atoms with Crippen LogP contribution in [0.2, 0.25) is 0 Å². The maximum atomic E-state index is 12.0. The lowest BCUT2D eigenvalue weighted by molar-refractivity contribution is -0.122. The van der Waals surface area contributed by atoms with Gasteiger partial charge in [0.05, 0.1) is 0 Å². The fraction of sp³-hybridized carbons (Fsp3) is 0.929. The minimum Gasteiger partial charge on any atom is -0.353 e. The van der Waals surface area contributed by atoms with Gasteiger partial charge in [-0.1, -0.05) is 33.1 Å². The van der Waals surface area contributed by atoms with E-state index in [0.717, 1.165) is 25.0 Å². The SMILES string of the molecule is CCCCC(CCC)NC(=O)CC1(CS)CC1. The van der Waals surface area contributed by atoms with E-state index < -0.39 is 0 Å². The molecule has 1 rings (SSSR count). The smallest absolute Gasteiger partial charge is 0.220 e. The van der Waals surface area contributed by atoms with Gasteiger partial charge in [0, 0.05) is 12.5 Å². The van der Waals surface area contributed by atoms with Gasteiger partial charge in [-0.2, -0.15) is 12.6 Å². The Morgan fingerprint density at radius 3 is 2.47 bits per heavy atom. The van der Waals surface area contributed by atoms with Crippen LogP contribution >= 0.6 is 12.6 Å². The Bertz CT molecular complexity index is 238. The summed E-state index contributed by atoms with van der Waals surface area (Å²) in [5.74, 6) is 1.10. The van der Waals surface area contributed by atoms with Crippen LogP contribution in [0.3, 0.4) is 0 Å². The van der Waals surface area contributed by atoms with E-state index >= 15 is 0 Å². The Labute approximate surface area is 111 Å². The molecule has 1 aliphatic carbocycles. The molecule has 1 aliphatic rings. The Morgan fingerprint density at radius 1 is 1.29 bits per heavy atom. The van der Waals surface area contributed by atoms with E-state index in [4.69, 9.17) is 0 Å². The van der Waals surface area contributed by atoms with E-state index in [1.807, 2.05) is 0 Å². The molecule has 0 saturated heterocycles. The van der Waals surface area contributed by atoms with Crippen LogP contribution in [0.25, 0.3) is 0 Å². The van der Waals surface area contributed by atoms with Crippen LogP contribution in [0.5, 0.6) is 0 Å². The monoisotopic (exact) mass is 257 g/mol. The number of unbranched alkanes of at least 4 members (excludes halogenated alkanes) is 1. The highest BCUT2D eigenvalue weighted by Crippen LogP contribution is 2.49. The number of carbonyl (C=O) groups is 1. The van der Waals surface area contributed by atoms with Crippen molar-refractivity contribution in [2.75, 3.05) is 5.75 Å². The molecule has 0 heterocycles. The number of rotatable bonds is 9. The highest BCUT2D eigenvalue weighted by molar-refractivity contribution is 7.80. The molecule has 1 saturated carbocycles. The van der Waals surface area contributed by atoms with Gasteiger partial charge in [0.25, 0.3) is 0 Å². The molecule has 0 bridgehead atoms. The van der Waals surface area contributed by atoms with Crippen molar-refractivity contribution < 1.29 is 4.79 Å². The fourth-order valence-corrected chi connectivity index (χ4v) is 2.70. The summed E-state index contributed by atoms with van der Waals surface area (Å²) in [6, 6.07) is 0.392. The third-order valence-corrected chi connectivity index (χ3v) is 4.41. The van der Waals surface area contributed by atoms with Crippen LogP contribution in [0.1, 0.15) is 65.2 Å². The summed E-state index contributed by atoms with van der Waals surface area (Å²) in [6.45, 7) is 4.38. The van der Waals surface area contributed by atoms with Crippen molar-refractivity contribution in [2.45, 2.75) is 71.3 Å². The first-order valence-electron chi connectivity index (χ1n) is 7.06. The molecule has 0 aromatic heterocycles. The van der Waals surface area contributed by atoms with E-state index in [9.17, 15) is 4.79 Å². The van der Waals surface area contributed by atoms with Gasteiger partial charge >= 0.3 is 0 Å². The Hall–Kier alpha value is -0.180. The minimum absolute atomic E-state index is 0.242. The lowest BCUT2D eigenvalue weighted by atomic mass is 10.0. The third kappa shape index (κ3) is 5.33. The van der Waals surface area contributed by atoms with Crippen LogP contribution in [-0.2, 0) is 4.79 Å². The molecule has 1 amide bonds. The largest absolute Gasteiger partial charge is 0.353 e. The Balaban J connectivity index is 2.30. The van der Waals surface area contributed by atoms with Gasteiger partial charge in [-0.15, -0.1) is 0 Å². The molecule has 0 aliphatic heterocycles. The second-order valence-corrected chi connectivity index (χ2v) is 5.85. The molecule has 1 unspecified atom stereocenters. The van der Waals surface area contributed by atoms with E-state index in [1.54, 1.807) is 0 Å². The van der Waals surface area contributed by atoms with Crippen LogP contribution < -0.4 is 5.32 Å². The third-order valence-electron chi connectivity index (χ3n) is 3.74. The van der Waals surface area contributed by atoms with Gasteiger partial charge in [0.15, 0.2) is 0 Å². The highest BCUT2D eigenvalue weighted by atomic mass is 32.1. The zero-order valence-corrected chi connectivity index (χ0v) is 12.2. The van der Waals surface area contributed by atoms with Gasteiger partial charge in [-0.05, 0) is 36.9 Å². The van der Waals surface area contributed by atoms with E-state index in [-0.39, 0.29) is 11.3 Å². The molecule has 1 fully saturated rings. The second kappa shape index (κ2) is 7.30. The molecular weight excluding hydrogens is 230 g/mol. The van der Waals surface area contributed by atoms with Crippen molar-refractivity contribution in [1.82, 2.24) is 5.32 Å². The second-order valence-electron chi connectivity index (χ2n) is 5.53. The van der Waals surface area contributed by atoms with Gasteiger partial charge in [0.1, 0.15) is 0 Å². The van der Waals surface area contributed by atoms with Crippen LogP contribution in [0, 0.1) is 5.41 Å². The highest BCUT2D eigenvalue weighted by Gasteiger charge is 2.42. The molecule has 0 aromatic carbocycles. The van der Waals surface area contributed by atoms with Crippen LogP contribution in [0.15, 0.2) is 0 Å². The standard InChI is InChI=1S/C14H27NOS/c1-3-5-7-12(6-4-2)15-13(16)10-14(11-17)8-9-14/h12,17H,3-11H2,1-2H3,(H,15,16). The summed E-state index contributed by atoms with van der Waals surface area (Å²) in [5.41, 5.74) is 0.245. The average molecular weight is 257 g/mol. The molecule has 2 nitrogen and oxygen atoms in total. The molecule has 0 radical (unpaired) electrons. The average Bonchev–Trinajstić information content (AvgIpc) is 3.06. The summed E-state index contributed by atoms with van der Waals surface area (Å²) in [6.07, 6.45) is 8.84. The predicted molar refractivity (Wildman–Crippen MR) is 76.5 cm³/mol. The van der Waals surface area contributed by atoms with Gasteiger partial charge in [-0.25, -0.2) is 0 Å². The van der Waals surface area contributed by atoms with Crippen LogP contribution in [-0.4, -0.2) is 17.7 Å². The van der Waals surface area contributed by atoms with Gasteiger partial charge in [-0.3, -0.25) is 4.79 Å². The van der Waals surface area contributed by atoms with Crippen molar-refractivity contribution >= 4 is 18.5 Å². The van der Waals surface area contributed by atoms with Crippen LogP contribution in [0.4, 0.5) is 0 Å². The van der Waals surface area contributed by atoms with Crippen molar-refractivity contribution in [3.63, 3.8) is 0 Å². The Kier molecular flexibility index (Phi) is 6.39. The summed E-state index contributed by atoms with van der Waals surface area (Å²) < 4.78 is 0. The molecule has 17 heavy (non-hydrogen) atoms. The molecule has 0 spiro atoms. The molecule has 0 aromatic rings. The fourth-order valence-electron chi connectivity index (χ4n) is 2.27. The number of amides is 1. The molecule has 3 heteroatoms. The predicted octanol–water partition coefficient (Wildman–Crippen LogP) is 3.56. The topological polar surface area (TPSA) is 29.1 Å². The molecule has 1 N–H and O–H groups in total. The first-order valence-corrected chi connectivity index (χ1v) is 7.69. The van der Waals surface area contributed by atoms with Crippen molar-refractivity contribution in [3.05, 3.63) is 0 Å². The number of nitrogens with one attached hydrogen (secondary N) is 1. The maximum Gasteiger partial charge on any atom is 0.220 e. The van der Waals surface area contributed by atoms with Crippen molar-refractivity contribution in [2.24, 2.45) is 5.41 Å². The van der Waals surface area contributed by atoms with E-state index in [0.29, 0.717) is 12.5 Å². The molecule has 1 atom stereocenters. The van der Waals surface area contributed by atoms with E-state index in [1.165, 1.54) is 25.7 Å².